The molecule has 0 atom stereocenters. The number of likely N-dealkylation sites (tertiary alicyclic amines) is 1. The van der Waals surface area contributed by atoms with Crippen LogP contribution in [0, 0.1) is 11.3 Å². The molecule has 1 aliphatic carbocycles. The third-order valence-corrected chi connectivity index (χ3v) is 4.96. The summed E-state index contributed by atoms with van der Waals surface area (Å²) in [6.45, 7) is 6.96. The Morgan fingerprint density at radius 1 is 1.18 bits per heavy atom. The first-order valence-electron chi connectivity index (χ1n) is 8.43. The number of carbonyl (C=O) groups excluding carboxylic acids is 1. The molecule has 0 bridgehead atoms. The molecule has 0 unspecified atom stereocenters. The molecule has 2 fully saturated rings. The molecular weight excluding hydrogens is 282 g/mol. The fourth-order valence-electron chi connectivity index (χ4n) is 3.76. The number of carbonyl (C=O) groups is 2. The van der Waals surface area contributed by atoms with Gasteiger partial charge in [-0.25, -0.2) is 4.79 Å². The molecule has 0 radical (unpaired) electrons. The molecular formula is C17H29NO4. The van der Waals surface area contributed by atoms with Gasteiger partial charge in [-0.15, -0.1) is 0 Å². The smallest absolute Gasteiger partial charge is 0.410 e. The molecule has 5 nitrogen and oxygen atoms in total. The Morgan fingerprint density at radius 2 is 1.73 bits per heavy atom. The summed E-state index contributed by atoms with van der Waals surface area (Å²) in [4.78, 5) is 25.4. The Bertz CT molecular complexity index is 413. The van der Waals surface area contributed by atoms with E-state index in [2.05, 4.69) is 0 Å². The molecule has 5 heteroatoms. The van der Waals surface area contributed by atoms with Crippen LogP contribution in [0.25, 0.3) is 0 Å². The van der Waals surface area contributed by atoms with Crippen LogP contribution in [-0.2, 0) is 9.53 Å². The summed E-state index contributed by atoms with van der Waals surface area (Å²) in [6, 6.07) is 0. The Labute approximate surface area is 133 Å². The van der Waals surface area contributed by atoms with Crippen LogP contribution in [0.3, 0.4) is 0 Å². The molecule has 22 heavy (non-hydrogen) atoms. The fraction of sp³-hybridized carbons (Fsp3) is 0.882. The summed E-state index contributed by atoms with van der Waals surface area (Å²) in [5, 5.41) is 9.58. The Hall–Kier alpha value is -1.26. The van der Waals surface area contributed by atoms with E-state index in [0.29, 0.717) is 19.0 Å². The topological polar surface area (TPSA) is 66.8 Å². The highest BCUT2D eigenvalue weighted by Crippen LogP contribution is 2.45. The van der Waals surface area contributed by atoms with Gasteiger partial charge >= 0.3 is 12.1 Å². The maximum absolute atomic E-state index is 12.0. The molecule has 1 saturated carbocycles. The summed E-state index contributed by atoms with van der Waals surface area (Å²) in [5.74, 6) is -0.215. The molecule has 2 rings (SSSR count). The number of ether oxygens (including phenoxy) is 1. The van der Waals surface area contributed by atoms with Gasteiger partial charge in [-0.05, 0) is 58.8 Å². The van der Waals surface area contributed by atoms with Crippen LogP contribution in [0.4, 0.5) is 4.79 Å². The van der Waals surface area contributed by atoms with Crippen LogP contribution in [-0.4, -0.2) is 40.8 Å². The zero-order valence-electron chi connectivity index (χ0n) is 14.1. The monoisotopic (exact) mass is 311 g/mol. The molecule has 1 heterocycles. The van der Waals surface area contributed by atoms with Gasteiger partial charge < -0.3 is 14.7 Å². The predicted octanol–water partition coefficient (Wildman–Crippen LogP) is 3.67. The van der Waals surface area contributed by atoms with Crippen molar-refractivity contribution in [3.8, 4) is 0 Å². The van der Waals surface area contributed by atoms with Crippen molar-refractivity contribution in [1.82, 2.24) is 4.90 Å². The van der Waals surface area contributed by atoms with Gasteiger partial charge in [-0.2, -0.15) is 0 Å². The molecule has 0 aromatic heterocycles. The van der Waals surface area contributed by atoms with E-state index in [-0.39, 0.29) is 6.09 Å². The highest BCUT2D eigenvalue weighted by molar-refractivity contribution is 5.75. The number of aliphatic carboxylic acids is 1. The molecule has 126 valence electrons. The first-order valence-corrected chi connectivity index (χ1v) is 8.43. The zero-order valence-corrected chi connectivity index (χ0v) is 14.1. The summed E-state index contributed by atoms with van der Waals surface area (Å²) in [6.07, 6.45) is 5.97. The summed E-state index contributed by atoms with van der Waals surface area (Å²) >= 11 is 0. The van der Waals surface area contributed by atoms with Crippen molar-refractivity contribution < 1.29 is 19.4 Å². The number of hydrogen-bond acceptors (Lipinski definition) is 3. The Kier molecular flexibility index (Phi) is 5.03. The van der Waals surface area contributed by atoms with E-state index in [4.69, 9.17) is 4.74 Å². The maximum atomic E-state index is 12.0. The first-order chi connectivity index (χ1) is 10.2. The number of hydrogen-bond donors (Lipinski definition) is 1. The van der Waals surface area contributed by atoms with Crippen molar-refractivity contribution in [3.05, 3.63) is 0 Å². The van der Waals surface area contributed by atoms with Crippen molar-refractivity contribution >= 4 is 12.1 Å². The quantitative estimate of drug-likeness (QED) is 0.863. The van der Waals surface area contributed by atoms with E-state index in [0.717, 1.165) is 44.9 Å². The number of rotatable bonds is 3. The molecule has 1 N–H and O–H groups in total. The van der Waals surface area contributed by atoms with Gasteiger partial charge in [0, 0.05) is 13.1 Å². The second-order valence-corrected chi connectivity index (χ2v) is 7.91. The molecule has 1 aliphatic heterocycles. The van der Waals surface area contributed by atoms with Crippen LogP contribution in [0.2, 0.25) is 0 Å². The lowest BCUT2D eigenvalue weighted by molar-refractivity contribution is -0.150. The molecule has 0 aromatic rings. The largest absolute Gasteiger partial charge is 0.481 e. The van der Waals surface area contributed by atoms with Crippen LogP contribution in [0.5, 0.6) is 0 Å². The van der Waals surface area contributed by atoms with Crippen molar-refractivity contribution in [2.45, 2.75) is 71.3 Å². The fourth-order valence-corrected chi connectivity index (χ4v) is 3.76. The lowest BCUT2D eigenvalue weighted by Crippen LogP contribution is -2.43. The Balaban J connectivity index is 1.84. The molecule has 0 aromatic carbocycles. The van der Waals surface area contributed by atoms with Crippen molar-refractivity contribution in [2.24, 2.45) is 11.3 Å². The summed E-state index contributed by atoms with van der Waals surface area (Å²) < 4.78 is 5.40. The third kappa shape index (κ3) is 4.14. The lowest BCUT2D eigenvalue weighted by atomic mass is 9.75. The second kappa shape index (κ2) is 6.47. The van der Waals surface area contributed by atoms with Gasteiger partial charge in [0.1, 0.15) is 5.60 Å². The number of amides is 1. The van der Waals surface area contributed by atoms with Crippen LogP contribution >= 0.6 is 0 Å². The van der Waals surface area contributed by atoms with E-state index >= 15 is 0 Å². The van der Waals surface area contributed by atoms with Crippen molar-refractivity contribution in [3.63, 3.8) is 0 Å². The van der Waals surface area contributed by atoms with Gasteiger partial charge in [0.05, 0.1) is 5.41 Å². The SMILES string of the molecule is CC(C)(C)OC(=O)N1CCC(CC2(C(=O)O)CCCC2)CC1. The summed E-state index contributed by atoms with van der Waals surface area (Å²) in [5.41, 5.74) is -0.968. The van der Waals surface area contributed by atoms with Crippen LogP contribution < -0.4 is 0 Å². The van der Waals surface area contributed by atoms with Gasteiger partial charge in [0.15, 0.2) is 0 Å². The van der Waals surface area contributed by atoms with E-state index < -0.39 is 17.0 Å². The molecule has 1 saturated heterocycles. The minimum atomic E-state index is -0.625. The average Bonchev–Trinajstić information content (AvgIpc) is 2.87. The molecule has 0 spiro atoms. The highest BCUT2D eigenvalue weighted by Gasteiger charge is 2.43. The van der Waals surface area contributed by atoms with E-state index in [1.165, 1.54) is 0 Å². The van der Waals surface area contributed by atoms with E-state index in [1.807, 2.05) is 20.8 Å². The minimum absolute atomic E-state index is 0.250. The standard InChI is InChI=1S/C17H29NO4/c1-16(2,3)22-15(21)18-10-6-13(7-11-18)12-17(14(19)20)8-4-5-9-17/h13H,4-12H2,1-3H3,(H,19,20). The lowest BCUT2D eigenvalue weighted by Gasteiger charge is -2.36. The average molecular weight is 311 g/mol. The molecule has 2 aliphatic rings. The maximum Gasteiger partial charge on any atom is 0.410 e. The van der Waals surface area contributed by atoms with Crippen LogP contribution in [0.15, 0.2) is 0 Å². The van der Waals surface area contributed by atoms with Gasteiger partial charge in [0.2, 0.25) is 0 Å². The molecule has 1 amide bonds. The number of nitrogens with zero attached hydrogens (tertiary/aromatic N) is 1. The van der Waals surface area contributed by atoms with Gasteiger partial charge in [0.25, 0.3) is 0 Å². The van der Waals surface area contributed by atoms with E-state index in [9.17, 15) is 14.7 Å². The van der Waals surface area contributed by atoms with Crippen molar-refractivity contribution in [2.75, 3.05) is 13.1 Å². The normalized spacial score (nSPS) is 22.6. The zero-order chi connectivity index (χ0) is 16.4. The van der Waals surface area contributed by atoms with E-state index in [1.54, 1.807) is 4.90 Å². The second-order valence-electron chi connectivity index (χ2n) is 7.91. The Morgan fingerprint density at radius 3 is 2.18 bits per heavy atom. The minimum Gasteiger partial charge on any atom is -0.481 e. The number of carboxylic acids is 1. The predicted molar refractivity (Wildman–Crippen MR) is 83.7 cm³/mol. The van der Waals surface area contributed by atoms with Crippen molar-refractivity contribution in [1.29, 1.82) is 0 Å². The number of carboxylic acid groups (broad SMARTS) is 1. The first kappa shape index (κ1) is 17.1. The van der Waals surface area contributed by atoms with Gasteiger partial charge in [-0.3, -0.25) is 4.79 Å². The van der Waals surface area contributed by atoms with Crippen LogP contribution in [0.1, 0.15) is 65.7 Å². The third-order valence-electron chi connectivity index (χ3n) is 4.96. The number of piperidine rings is 1. The summed E-state index contributed by atoms with van der Waals surface area (Å²) in [7, 11) is 0. The van der Waals surface area contributed by atoms with Gasteiger partial charge in [-0.1, -0.05) is 12.8 Å². The highest BCUT2D eigenvalue weighted by atomic mass is 16.6.